The second kappa shape index (κ2) is 31.6. The van der Waals surface area contributed by atoms with Crippen molar-refractivity contribution in [2.45, 2.75) is 99.5 Å². The lowest BCUT2D eigenvalue weighted by Crippen LogP contribution is -2.47. The van der Waals surface area contributed by atoms with Crippen LogP contribution < -0.4 is 18.9 Å². The molecule has 9 nitrogen and oxygen atoms in total. The van der Waals surface area contributed by atoms with Gasteiger partial charge in [0.2, 0.25) is 0 Å². The molecule has 0 saturated carbocycles. The summed E-state index contributed by atoms with van der Waals surface area (Å²) in [4.78, 5) is 12.0. The summed E-state index contributed by atoms with van der Waals surface area (Å²) in [6, 6.07) is 26.3. The third-order valence-corrected chi connectivity index (χ3v) is 11.8. The van der Waals surface area contributed by atoms with Gasteiger partial charge in [0.05, 0.1) is 27.6 Å². The van der Waals surface area contributed by atoms with E-state index < -0.39 is 10.8 Å². The van der Waals surface area contributed by atoms with Gasteiger partial charge >= 0.3 is 0 Å². The molecule has 2 unspecified atom stereocenters. The molecular formula is C55H68Cl4N2O7. The van der Waals surface area contributed by atoms with E-state index in [2.05, 4.69) is 76.7 Å². The molecule has 368 valence electrons. The number of nitrogens with zero attached hydrogens (tertiary/aromatic N) is 2. The Morgan fingerprint density at radius 3 is 1.54 bits per heavy atom. The van der Waals surface area contributed by atoms with Gasteiger partial charge in [-0.05, 0) is 103 Å². The number of aryl methyl sites for hydroxylation is 2. The largest absolute Gasteiger partial charge is 0.490 e. The van der Waals surface area contributed by atoms with Gasteiger partial charge in [-0.1, -0.05) is 122 Å². The maximum Gasteiger partial charge on any atom is 0.185 e. The predicted octanol–water partition coefficient (Wildman–Crippen LogP) is 15.6. The first-order chi connectivity index (χ1) is 32.9. The molecule has 2 atom stereocenters. The number of alkyl halides is 2. The maximum atomic E-state index is 9.43. The van der Waals surface area contributed by atoms with Crippen molar-refractivity contribution in [3.63, 3.8) is 0 Å². The highest BCUT2D eigenvalue weighted by Gasteiger charge is 2.50. The summed E-state index contributed by atoms with van der Waals surface area (Å²) in [7, 11) is 0. The lowest BCUT2D eigenvalue weighted by Gasteiger charge is -2.49. The Kier molecular flexibility index (Phi) is 28.2. The van der Waals surface area contributed by atoms with Crippen LogP contribution in [0.1, 0.15) is 114 Å². The van der Waals surface area contributed by atoms with Gasteiger partial charge in [0, 0.05) is 10.8 Å². The summed E-state index contributed by atoms with van der Waals surface area (Å²) in [6.45, 7) is 33.2. The first-order valence-corrected chi connectivity index (χ1v) is 24.3. The number of aromatic nitrogens is 1. The standard InChI is InChI=1S/C48H50Cl4N2O6.2C2H6.C2H4.CH2O/c1-8-31(4)60-32(5)28-57-39-15-11-35(12-16-39)47(6,37-23-33(9-2)45(41(51)25-37)55-21-19-49)48(7,38-24-34(10-3)46(42(52)26-38)56-22-20-50)36-13-17-40(18-14-36)58-29-44-43(27-53)54-30-59-44;4*1-2/h8,11-18,23-26,30H,5,9-10,19-22,28-29H2,1-4,6-7H3;2*1-2H3;1-2H2;1H2/b31-8-;;;;. The van der Waals surface area contributed by atoms with Crippen LogP contribution >= 0.6 is 46.4 Å². The number of halogens is 4. The number of benzene rings is 4. The van der Waals surface area contributed by atoms with E-state index in [1.54, 1.807) is 0 Å². The van der Waals surface area contributed by atoms with Crippen LogP contribution in [0, 0.1) is 11.3 Å². The summed E-state index contributed by atoms with van der Waals surface area (Å²) in [6.07, 6.45) is 4.42. The van der Waals surface area contributed by atoms with E-state index >= 15 is 0 Å². The molecule has 5 aromatic rings. The SMILES string of the molecule is C=C.C=C(COc1ccc(C(C)(c2cc(Cl)c(OCCCl)c(CC)c2)C(C)(c2ccc(OCc3ocnc3C#N)cc2)c2cc(Cl)c(OCCCl)c(CC)c2)cc1)O/C(C)=C\C.C=O.CC.CC. The van der Waals surface area contributed by atoms with Crippen LogP contribution in [0.2, 0.25) is 10.0 Å². The zero-order chi connectivity index (χ0) is 51.5. The van der Waals surface area contributed by atoms with Crippen molar-refractivity contribution < 1.29 is 32.9 Å². The molecule has 0 N–H and O–H groups in total. The van der Waals surface area contributed by atoms with Gasteiger partial charge in [-0.3, -0.25) is 0 Å². The summed E-state index contributed by atoms with van der Waals surface area (Å²) in [5.74, 6) is 4.66. The van der Waals surface area contributed by atoms with Crippen molar-refractivity contribution in [3.8, 4) is 29.1 Å². The smallest absolute Gasteiger partial charge is 0.185 e. The van der Waals surface area contributed by atoms with Crippen LogP contribution in [0.4, 0.5) is 0 Å². The number of hydrogen-bond acceptors (Lipinski definition) is 9. The molecule has 4 aromatic carbocycles. The van der Waals surface area contributed by atoms with Crippen molar-refractivity contribution in [2.24, 2.45) is 0 Å². The van der Waals surface area contributed by atoms with Crippen LogP contribution in [0.3, 0.4) is 0 Å². The zero-order valence-corrected chi connectivity index (χ0v) is 44.4. The third-order valence-electron chi connectivity index (χ3n) is 10.9. The quantitative estimate of drug-likeness (QED) is 0.0403. The number of ether oxygens (including phenoxy) is 5. The molecule has 0 spiro atoms. The molecule has 0 aliphatic carbocycles. The molecule has 5 rings (SSSR count). The Morgan fingerprint density at radius 2 is 1.16 bits per heavy atom. The summed E-state index contributed by atoms with van der Waals surface area (Å²) in [5, 5.41) is 10.4. The summed E-state index contributed by atoms with van der Waals surface area (Å²) >= 11 is 26.5. The van der Waals surface area contributed by atoms with Crippen LogP contribution in [0.15, 0.2) is 121 Å². The molecule has 1 heterocycles. The van der Waals surface area contributed by atoms with Gasteiger partial charge in [-0.25, -0.2) is 4.98 Å². The van der Waals surface area contributed by atoms with Crippen LogP contribution in [-0.4, -0.2) is 43.4 Å². The number of nitriles is 1. The first-order valence-electron chi connectivity index (χ1n) is 22.5. The Hall–Kier alpha value is -5.37. The van der Waals surface area contributed by atoms with Gasteiger partial charge in [0.25, 0.3) is 0 Å². The Morgan fingerprint density at radius 1 is 0.735 bits per heavy atom. The highest BCUT2D eigenvalue weighted by molar-refractivity contribution is 6.32. The van der Waals surface area contributed by atoms with Crippen molar-refractivity contribution in [1.82, 2.24) is 4.98 Å². The van der Waals surface area contributed by atoms with Gasteiger partial charge < -0.3 is 32.9 Å². The Bertz CT molecular complexity index is 2360. The van der Waals surface area contributed by atoms with Gasteiger partial charge in [0.1, 0.15) is 68.0 Å². The normalized spacial score (nSPS) is 12.2. The van der Waals surface area contributed by atoms with Crippen molar-refractivity contribution in [3.05, 3.63) is 171 Å². The van der Waals surface area contributed by atoms with Gasteiger partial charge in [-0.15, -0.1) is 36.4 Å². The number of rotatable bonds is 21. The van der Waals surface area contributed by atoms with Crippen LogP contribution in [0.25, 0.3) is 0 Å². The highest BCUT2D eigenvalue weighted by Crippen LogP contribution is 2.55. The molecule has 0 bridgehead atoms. The molecule has 0 saturated heterocycles. The molecular weight excluding hydrogens is 942 g/mol. The second-order valence-corrected chi connectivity index (χ2v) is 15.9. The fourth-order valence-electron chi connectivity index (χ4n) is 7.36. The highest BCUT2D eigenvalue weighted by atomic mass is 35.5. The molecule has 13 heteroatoms. The maximum absolute atomic E-state index is 9.43. The molecule has 1 aromatic heterocycles. The van der Waals surface area contributed by atoms with E-state index in [0.717, 1.165) is 39.1 Å². The van der Waals surface area contributed by atoms with Crippen LogP contribution in [-0.2, 0) is 39.8 Å². The fourth-order valence-corrected chi connectivity index (χ4v) is 8.10. The number of carbonyl (C=O) groups is 1. The number of oxazole rings is 1. The van der Waals surface area contributed by atoms with Gasteiger partial charge in [0.15, 0.2) is 17.8 Å². The number of carbonyl (C=O) groups excluding carboxylic acids is 1. The predicted molar refractivity (Wildman–Crippen MR) is 282 cm³/mol. The van der Waals surface area contributed by atoms with E-state index in [1.807, 2.05) is 109 Å². The van der Waals surface area contributed by atoms with E-state index in [0.29, 0.717) is 82.4 Å². The lowest BCUT2D eigenvalue weighted by molar-refractivity contribution is -0.0980. The first kappa shape index (κ1) is 60.6. The fraction of sp³-hybridized carbons (Fsp3) is 0.364. The van der Waals surface area contributed by atoms with E-state index in [4.69, 9.17) is 79.3 Å². The van der Waals surface area contributed by atoms with Crippen molar-refractivity contribution in [1.29, 1.82) is 5.26 Å². The van der Waals surface area contributed by atoms with E-state index in [-0.39, 0.29) is 18.9 Å². The molecule has 0 radical (unpaired) electrons. The van der Waals surface area contributed by atoms with E-state index in [1.165, 1.54) is 6.39 Å². The third kappa shape index (κ3) is 15.1. The second-order valence-electron chi connectivity index (χ2n) is 14.3. The van der Waals surface area contributed by atoms with Crippen molar-refractivity contribution >= 4 is 53.2 Å². The summed E-state index contributed by atoms with van der Waals surface area (Å²) in [5.41, 5.74) is 4.12. The number of hydrogen-bond donors (Lipinski definition) is 0. The average molecular weight is 1010 g/mol. The minimum Gasteiger partial charge on any atom is -0.490 e. The minimum atomic E-state index is -0.871. The number of allylic oxidation sites excluding steroid dienone is 2. The molecule has 0 aliphatic heterocycles. The van der Waals surface area contributed by atoms with Crippen molar-refractivity contribution in [2.75, 3.05) is 31.6 Å². The molecule has 0 amide bonds. The lowest BCUT2D eigenvalue weighted by atomic mass is 9.53. The summed E-state index contributed by atoms with van der Waals surface area (Å²) < 4.78 is 35.6. The molecule has 0 fully saturated rings. The minimum absolute atomic E-state index is 0.0374. The molecule has 0 aliphatic rings. The van der Waals surface area contributed by atoms with Gasteiger partial charge in [-0.2, -0.15) is 5.26 Å². The van der Waals surface area contributed by atoms with E-state index in [9.17, 15) is 5.26 Å². The zero-order valence-electron chi connectivity index (χ0n) is 41.3. The van der Waals surface area contributed by atoms with Crippen LogP contribution in [0.5, 0.6) is 23.0 Å². The monoisotopic (exact) mass is 1010 g/mol. The average Bonchev–Trinajstić information content (AvgIpc) is 3.86. The Balaban J connectivity index is 0.00000274. The topological polar surface area (TPSA) is 113 Å². The Labute approximate surface area is 425 Å². The molecule has 68 heavy (non-hydrogen) atoms.